The SMILES string of the molecule is COc1cnc2c(N)c(-c3ccc4ncn(C)c4c3)c(=O)n(-c3ccc(OC(F)F)cc3)c2c1. The van der Waals surface area contributed by atoms with Crippen LogP contribution in [-0.2, 0) is 7.05 Å². The molecule has 0 aliphatic rings. The molecule has 0 bridgehead atoms. The number of anilines is 1. The van der Waals surface area contributed by atoms with Gasteiger partial charge in [-0.05, 0) is 42.0 Å². The number of hydrogen-bond donors (Lipinski definition) is 1. The molecule has 0 aliphatic heterocycles. The molecule has 0 radical (unpaired) electrons. The van der Waals surface area contributed by atoms with E-state index in [-0.39, 0.29) is 17.0 Å². The molecule has 0 atom stereocenters. The molecule has 0 fully saturated rings. The molecule has 8 nitrogen and oxygen atoms in total. The molecule has 3 heterocycles. The largest absolute Gasteiger partial charge is 0.495 e. The summed E-state index contributed by atoms with van der Waals surface area (Å²) >= 11 is 0. The molecule has 0 saturated carbocycles. The van der Waals surface area contributed by atoms with Gasteiger partial charge in [0.25, 0.3) is 5.56 Å². The van der Waals surface area contributed by atoms with Crippen LogP contribution in [0.5, 0.6) is 11.5 Å². The second-order valence-corrected chi connectivity index (χ2v) is 7.60. The third-order valence-electron chi connectivity index (χ3n) is 5.59. The number of alkyl halides is 2. The molecule has 0 spiro atoms. The number of fused-ring (bicyclic) bond motifs is 2. The minimum atomic E-state index is -2.95. The molecule has 0 saturated heterocycles. The molecule has 5 aromatic rings. The van der Waals surface area contributed by atoms with Crippen molar-refractivity contribution in [2.45, 2.75) is 6.61 Å². The Bertz CT molecular complexity index is 1590. The Morgan fingerprint density at radius 3 is 2.47 bits per heavy atom. The molecular weight excluding hydrogens is 444 g/mol. The standard InChI is InChI=1S/C24H19F2N5O3/c1-30-12-29-17-8-3-13(9-18(17)30)20-21(27)22-19(10-16(33-2)11-28-22)31(23(20)32)14-4-6-15(7-5-14)34-24(25)26/h3-12,24H,27H2,1-2H3. The third-order valence-corrected chi connectivity index (χ3v) is 5.59. The molecular formula is C24H19F2N5O3. The van der Waals surface area contributed by atoms with Gasteiger partial charge < -0.3 is 19.8 Å². The highest BCUT2D eigenvalue weighted by Crippen LogP contribution is 2.33. The van der Waals surface area contributed by atoms with Crippen LogP contribution in [0.2, 0.25) is 0 Å². The van der Waals surface area contributed by atoms with Crippen LogP contribution in [0.15, 0.2) is 65.8 Å². The van der Waals surface area contributed by atoms with Crippen molar-refractivity contribution in [3.8, 4) is 28.3 Å². The average Bonchev–Trinajstić information content (AvgIpc) is 3.19. The van der Waals surface area contributed by atoms with Crippen LogP contribution in [0.3, 0.4) is 0 Å². The Morgan fingerprint density at radius 1 is 1.00 bits per heavy atom. The van der Waals surface area contributed by atoms with Crippen molar-refractivity contribution in [3.05, 3.63) is 71.4 Å². The molecule has 2 N–H and O–H groups in total. The summed E-state index contributed by atoms with van der Waals surface area (Å²) in [7, 11) is 3.35. The van der Waals surface area contributed by atoms with Crippen LogP contribution >= 0.6 is 0 Å². The van der Waals surface area contributed by atoms with Crippen molar-refractivity contribution in [1.82, 2.24) is 19.1 Å². The Hall–Kier alpha value is -4.47. The highest BCUT2D eigenvalue weighted by molar-refractivity contribution is 5.98. The minimum Gasteiger partial charge on any atom is -0.495 e. The Balaban J connectivity index is 1.81. The minimum absolute atomic E-state index is 0.0239. The van der Waals surface area contributed by atoms with Gasteiger partial charge in [-0.3, -0.25) is 9.36 Å². The van der Waals surface area contributed by atoms with Crippen LogP contribution in [0.4, 0.5) is 14.5 Å². The highest BCUT2D eigenvalue weighted by Gasteiger charge is 2.20. The number of ether oxygens (including phenoxy) is 2. The van der Waals surface area contributed by atoms with Crippen LogP contribution < -0.4 is 20.8 Å². The normalized spacial score (nSPS) is 11.4. The summed E-state index contributed by atoms with van der Waals surface area (Å²) in [6.07, 6.45) is 3.20. The first kappa shape index (κ1) is 21.4. The fraction of sp³-hybridized carbons (Fsp3) is 0.125. The molecule has 2 aromatic carbocycles. The zero-order valence-corrected chi connectivity index (χ0v) is 18.2. The maximum atomic E-state index is 13.9. The van der Waals surface area contributed by atoms with E-state index in [9.17, 15) is 13.6 Å². The lowest BCUT2D eigenvalue weighted by Crippen LogP contribution is -2.23. The van der Waals surface area contributed by atoms with E-state index in [1.165, 1.54) is 42.1 Å². The number of aryl methyl sites for hydroxylation is 1. The summed E-state index contributed by atoms with van der Waals surface area (Å²) in [4.78, 5) is 22.6. The number of rotatable bonds is 5. The summed E-state index contributed by atoms with van der Waals surface area (Å²) in [6.45, 7) is -2.95. The van der Waals surface area contributed by atoms with Crippen LogP contribution in [0.25, 0.3) is 38.9 Å². The van der Waals surface area contributed by atoms with Gasteiger partial charge in [0.15, 0.2) is 0 Å². The van der Waals surface area contributed by atoms with Gasteiger partial charge in [0.1, 0.15) is 17.0 Å². The van der Waals surface area contributed by atoms with Crippen molar-refractivity contribution in [2.24, 2.45) is 7.05 Å². The number of nitrogens with zero attached hydrogens (tertiary/aromatic N) is 4. The Kier molecular flexibility index (Phi) is 5.12. The molecule has 3 aromatic heterocycles. The number of benzene rings is 2. The number of methoxy groups -OCH3 is 1. The first-order valence-electron chi connectivity index (χ1n) is 10.2. The summed E-state index contributed by atoms with van der Waals surface area (Å²) < 4.78 is 38.2. The van der Waals surface area contributed by atoms with E-state index in [2.05, 4.69) is 14.7 Å². The monoisotopic (exact) mass is 463 g/mol. The molecule has 0 amide bonds. The maximum Gasteiger partial charge on any atom is 0.387 e. The molecule has 0 unspecified atom stereocenters. The summed E-state index contributed by atoms with van der Waals surface area (Å²) in [5.41, 5.74) is 10.0. The van der Waals surface area contributed by atoms with Gasteiger partial charge in [0, 0.05) is 18.8 Å². The number of nitrogens with two attached hydrogens (primary N) is 1. The van der Waals surface area contributed by atoms with Gasteiger partial charge >= 0.3 is 6.61 Å². The van der Waals surface area contributed by atoms with E-state index in [0.29, 0.717) is 28.0 Å². The van der Waals surface area contributed by atoms with E-state index in [1.54, 1.807) is 18.5 Å². The van der Waals surface area contributed by atoms with E-state index in [4.69, 9.17) is 10.5 Å². The van der Waals surface area contributed by atoms with Crippen molar-refractivity contribution in [3.63, 3.8) is 0 Å². The topological polar surface area (TPSA) is 97.2 Å². The number of pyridine rings is 2. The Morgan fingerprint density at radius 2 is 1.76 bits per heavy atom. The van der Waals surface area contributed by atoms with Gasteiger partial charge in [-0.1, -0.05) is 6.07 Å². The first-order chi connectivity index (χ1) is 16.4. The van der Waals surface area contributed by atoms with E-state index in [1.807, 2.05) is 23.7 Å². The van der Waals surface area contributed by atoms with Gasteiger partial charge in [-0.25, -0.2) is 9.97 Å². The van der Waals surface area contributed by atoms with Crippen molar-refractivity contribution >= 4 is 27.8 Å². The molecule has 0 aliphatic carbocycles. The fourth-order valence-electron chi connectivity index (χ4n) is 3.97. The quantitative estimate of drug-likeness (QED) is 0.421. The summed E-state index contributed by atoms with van der Waals surface area (Å²) in [5, 5.41) is 0. The molecule has 5 rings (SSSR count). The third kappa shape index (κ3) is 3.49. The number of halogens is 2. The van der Waals surface area contributed by atoms with Crippen LogP contribution in [0.1, 0.15) is 0 Å². The maximum absolute atomic E-state index is 13.9. The van der Waals surface area contributed by atoms with E-state index < -0.39 is 12.2 Å². The predicted molar refractivity (Wildman–Crippen MR) is 125 cm³/mol. The lowest BCUT2D eigenvalue weighted by molar-refractivity contribution is -0.0498. The first-order valence-corrected chi connectivity index (χ1v) is 10.2. The van der Waals surface area contributed by atoms with Gasteiger partial charge in [-0.15, -0.1) is 0 Å². The lowest BCUT2D eigenvalue weighted by atomic mass is 10.0. The molecule has 172 valence electrons. The predicted octanol–water partition coefficient (Wildman–Crippen LogP) is 4.13. The average molecular weight is 463 g/mol. The fourth-order valence-corrected chi connectivity index (χ4v) is 3.97. The van der Waals surface area contributed by atoms with E-state index >= 15 is 0 Å². The Labute approximate surface area is 191 Å². The van der Waals surface area contributed by atoms with Crippen LogP contribution in [0, 0.1) is 0 Å². The number of hydrogen-bond acceptors (Lipinski definition) is 6. The second kappa shape index (κ2) is 8.14. The lowest BCUT2D eigenvalue weighted by Gasteiger charge is -2.17. The number of aromatic nitrogens is 4. The van der Waals surface area contributed by atoms with Crippen molar-refractivity contribution < 1.29 is 18.3 Å². The van der Waals surface area contributed by atoms with Gasteiger partial charge in [0.2, 0.25) is 0 Å². The molecule has 34 heavy (non-hydrogen) atoms. The zero-order valence-electron chi connectivity index (χ0n) is 18.2. The van der Waals surface area contributed by atoms with E-state index in [0.717, 1.165) is 11.0 Å². The van der Waals surface area contributed by atoms with Gasteiger partial charge in [-0.2, -0.15) is 8.78 Å². The number of imidazole rings is 1. The van der Waals surface area contributed by atoms with Crippen molar-refractivity contribution in [1.29, 1.82) is 0 Å². The van der Waals surface area contributed by atoms with Crippen LogP contribution in [-0.4, -0.2) is 32.8 Å². The van der Waals surface area contributed by atoms with Gasteiger partial charge in [0.05, 0.1) is 47.4 Å². The second-order valence-electron chi connectivity index (χ2n) is 7.60. The number of nitrogen functional groups attached to an aromatic ring is 1. The summed E-state index contributed by atoms with van der Waals surface area (Å²) in [6, 6.07) is 12.9. The summed E-state index contributed by atoms with van der Waals surface area (Å²) in [5.74, 6) is 0.408. The highest BCUT2D eigenvalue weighted by atomic mass is 19.3. The zero-order chi connectivity index (χ0) is 24.0. The smallest absolute Gasteiger partial charge is 0.387 e. The van der Waals surface area contributed by atoms with Crippen molar-refractivity contribution in [2.75, 3.05) is 12.8 Å². The molecule has 10 heteroatoms.